The average molecular weight is 298 g/mol. The van der Waals surface area contributed by atoms with Crippen LogP contribution in [-0.4, -0.2) is 11.5 Å². The summed E-state index contributed by atoms with van der Waals surface area (Å²) in [5.74, 6) is -0.930. The largest absolute Gasteiger partial charge is 0.378 e. The van der Waals surface area contributed by atoms with E-state index < -0.39 is 16.4 Å². The number of rotatable bonds is 3. The molecule has 82 valence electrons. The zero-order valence-corrected chi connectivity index (χ0v) is 10.0. The van der Waals surface area contributed by atoms with Crippen LogP contribution in [0.25, 0.3) is 0 Å². The van der Waals surface area contributed by atoms with Crippen LogP contribution in [0.5, 0.6) is 0 Å². The normalized spacial score (nSPS) is 10.1. The molecule has 0 bridgehead atoms. The Morgan fingerprint density at radius 1 is 1.73 bits per heavy atom. The summed E-state index contributed by atoms with van der Waals surface area (Å²) in [5.41, 5.74) is -0.638. The van der Waals surface area contributed by atoms with Crippen molar-refractivity contribution in [2.45, 2.75) is 6.92 Å². The molecule has 0 saturated heterocycles. The van der Waals surface area contributed by atoms with Crippen molar-refractivity contribution in [2.24, 2.45) is 0 Å². The molecule has 1 rings (SSSR count). The monoisotopic (exact) mass is 296 g/mol. The van der Waals surface area contributed by atoms with Gasteiger partial charge in [-0.2, -0.15) is 4.39 Å². The molecule has 0 saturated carbocycles. The summed E-state index contributed by atoms with van der Waals surface area (Å²) in [6.07, 6.45) is 0. The van der Waals surface area contributed by atoms with Gasteiger partial charge in [-0.25, -0.2) is 0 Å². The van der Waals surface area contributed by atoms with Gasteiger partial charge in [-0.15, -0.1) is 0 Å². The lowest BCUT2D eigenvalue weighted by Gasteiger charge is -2.08. The van der Waals surface area contributed by atoms with E-state index in [-0.39, 0.29) is 15.2 Å². The van der Waals surface area contributed by atoms with Crippen LogP contribution in [0.2, 0.25) is 5.02 Å². The molecule has 1 N–H and O–H groups in total. The number of anilines is 1. The lowest BCUT2D eigenvalue weighted by atomic mass is 10.2. The maximum atomic E-state index is 13.4. The van der Waals surface area contributed by atoms with Crippen LogP contribution in [0.15, 0.2) is 10.5 Å². The predicted octanol–water partition coefficient (Wildman–Crippen LogP) is 3.58. The third-order valence-electron chi connectivity index (χ3n) is 1.68. The van der Waals surface area contributed by atoms with Crippen LogP contribution in [-0.2, 0) is 0 Å². The molecule has 0 aliphatic rings. The Kier molecular flexibility index (Phi) is 3.87. The summed E-state index contributed by atoms with van der Waals surface area (Å²) < 4.78 is 13.4. The van der Waals surface area contributed by atoms with Crippen LogP contribution in [0.3, 0.4) is 0 Å². The average Bonchev–Trinajstić information content (AvgIpc) is 2.14. The van der Waals surface area contributed by atoms with Crippen LogP contribution in [0, 0.1) is 15.9 Å². The Morgan fingerprint density at radius 3 is 2.80 bits per heavy atom. The molecule has 7 heteroatoms. The topological polar surface area (TPSA) is 55.2 Å². The summed E-state index contributed by atoms with van der Waals surface area (Å²) in [6, 6.07) is 1.28. The molecule has 0 atom stereocenters. The molecule has 0 heterocycles. The number of halogens is 3. The van der Waals surface area contributed by atoms with Crippen molar-refractivity contribution < 1.29 is 9.31 Å². The lowest BCUT2D eigenvalue weighted by molar-refractivity contribution is -0.386. The molecule has 0 amide bonds. The van der Waals surface area contributed by atoms with Gasteiger partial charge in [-0.3, -0.25) is 10.1 Å². The summed E-state index contributed by atoms with van der Waals surface area (Å²) in [6.45, 7) is 2.15. The second-order valence-electron chi connectivity index (χ2n) is 2.67. The third-order valence-corrected chi connectivity index (χ3v) is 2.56. The molecular weight excluding hydrogens is 290 g/mol. The first kappa shape index (κ1) is 12.2. The van der Waals surface area contributed by atoms with Crippen molar-refractivity contribution in [2.75, 3.05) is 11.9 Å². The maximum Gasteiger partial charge on any atom is 0.330 e. The smallest absolute Gasteiger partial charge is 0.330 e. The molecule has 1 aromatic rings. The number of nitrogens with one attached hydrogen (secondary N) is 1. The van der Waals surface area contributed by atoms with E-state index in [1.165, 1.54) is 6.07 Å². The molecule has 0 fully saturated rings. The Labute approximate surface area is 98.7 Å². The number of nitrogens with zero attached hydrogens (tertiary/aromatic N) is 1. The van der Waals surface area contributed by atoms with Crippen molar-refractivity contribution in [1.82, 2.24) is 0 Å². The highest BCUT2D eigenvalue weighted by atomic mass is 79.9. The van der Waals surface area contributed by atoms with Gasteiger partial charge in [-0.05, 0) is 28.9 Å². The minimum atomic E-state index is -0.930. The van der Waals surface area contributed by atoms with Crippen molar-refractivity contribution in [3.63, 3.8) is 0 Å². The summed E-state index contributed by atoms with van der Waals surface area (Å²) in [4.78, 5) is 9.87. The number of hydrogen-bond donors (Lipinski definition) is 1. The number of benzene rings is 1. The highest BCUT2D eigenvalue weighted by molar-refractivity contribution is 9.10. The zero-order valence-electron chi connectivity index (χ0n) is 7.68. The number of hydrogen-bond acceptors (Lipinski definition) is 3. The van der Waals surface area contributed by atoms with Crippen LogP contribution >= 0.6 is 27.5 Å². The standard InChI is InChI=1S/C8H7BrClFN2O2/c1-2-12-7-5(10)3-4(9)6(11)8(7)13(14)15/h3,12H,2H2,1H3. The van der Waals surface area contributed by atoms with Crippen molar-refractivity contribution in [1.29, 1.82) is 0 Å². The third kappa shape index (κ3) is 2.38. The van der Waals surface area contributed by atoms with Gasteiger partial charge in [0, 0.05) is 6.54 Å². The number of nitro groups is 1. The van der Waals surface area contributed by atoms with Gasteiger partial charge in [0.15, 0.2) is 0 Å². The Hall–Kier alpha value is -0.880. The molecular formula is C8H7BrClFN2O2. The van der Waals surface area contributed by atoms with Gasteiger partial charge in [0.1, 0.15) is 5.69 Å². The second-order valence-corrected chi connectivity index (χ2v) is 3.93. The lowest BCUT2D eigenvalue weighted by Crippen LogP contribution is -2.04. The van der Waals surface area contributed by atoms with Gasteiger partial charge in [-0.1, -0.05) is 11.6 Å². The molecule has 0 unspecified atom stereocenters. The summed E-state index contributed by atoms with van der Waals surface area (Å²) in [7, 11) is 0. The van der Waals surface area contributed by atoms with Gasteiger partial charge in [0.25, 0.3) is 0 Å². The molecule has 4 nitrogen and oxygen atoms in total. The fourth-order valence-electron chi connectivity index (χ4n) is 1.10. The predicted molar refractivity (Wildman–Crippen MR) is 59.9 cm³/mol. The molecule has 0 radical (unpaired) electrons. The highest BCUT2D eigenvalue weighted by Crippen LogP contribution is 2.38. The van der Waals surface area contributed by atoms with Gasteiger partial charge >= 0.3 is 5.69 Å². The van der Waals surface area contributed by atoms with Crippen molar-refractivity contribution in [3.8, 4) is 0 Å². The quantitative estimate of drug-likeness (QED) is 0.527. The summed E-state index contributed by atoms with van der Waals surface area (Å²) in [5, 5.41) is 13.4. The minimum Gasteiger partial charge on any atom is -0.378 e. The Balaban J connectivity index is 3.47. The SMILES string of the molecule is CCNc1c(Cl)cc(Br)c(F)c1[N+](=O)[O-]. The van der Waals surface area contributed by atoms with E-state index in [0.717, 1.165) is 0 Å². The highest BCUT2D eigenvalue weighted by Gasteiger charge is 2.25. The van der Waals surface area contributed by atoms with Crippen LogP contribution in [0.4, 0.5) is 15.8 Å². The van der Waals surface area contributed by atoms with Crippen LogP contribution in [0.1, 0.15) is 6.92 Å². The van der Waals surface area contributed by atoms with E-state index >= 15 is 0 Å². The Morgan fingerprint density at radius 2 is 2.33 bits per heavy atom. The number of nitro benzene ring substituents is 1. The molecule has 15 heavy (non-hydrogen) atoms. The van der Waals surface area contributed by atoms with Gasteiger partial charge in [0.05, 0.1) is 14.4 Å². The molecule has 0 aliphatic heterocycles. The van der Waals surface area contributed by atoms with Crippen molar-refractivity contribution in [3.05, 3.63) is 31.5 Å². The molecule has 0 spiro atoms. The van der Waals surface area contributed by atoms with E-state index in [1.54, 1.807) is 6.92 Å². The second kappa shape index (κ2) is 4.76. The van der Waals surface area contributed by atoms with E-state index in [2.05, 4.69) is 21.2 Å². The maximum absolute atomic E-state index is 13.4. The van der Waals surface area contributed by atoms with Gasteiger partial charge < -0.3 is 5.32 Å². The first-order valence-electron chi connectivity index (χ1n) is 4.04. The van der Waals surface area contributed by atoms with Crippen molar-refractivity contribution >= 4 is 38.9 Å². The van der Waals surface area contributed by atoms with E-state index in [4.69, 9.17) is 11.6 Å². The fraction of sp³-hybridized carbons (Fsp3) is 0.250. The fourth-order valence-corrected chi connectivity index (χ4v) is 1.91. The minimum absolute atomic E-state index is 0.00451. The molecule has 0 aromatic heterocycles. The molecule has 1 aromatic carbocycles. The van der Waals surface area contributed by atoms with E-state index in [9.17, 15) is 14.5 Å². The Bertz CT molecular complexity index is 414. The first-order valence-corrected chi connectivity index (χ1v) is 5.21. The summed E-state index contributed by atoms with van der Waals surface area (Å²) >= 11 is 8.62. The van der Waals surface area contributed by atoms with E-state index in [0.29, 0.717) is 6.54 Å². The van der Waals surface area contributed by atoms with Crippen LogP contribution < -0.4 is 5.32 Å². The van der Waals surface area contributed by atoms with E-state index in [1.807, 2.05) is 0 Å². The van der Waals surface area contributed by atoms with Gasteiger partial charge in [0.2, 0.25) is 5.82 Å². The molecule has 0 aliphatic carbocycles. The first-order chi connectivity index (χ1) is 6.99. The zero-order chi connectivity index (χ0) is 11.6.